The molecule has 1 amide bonds. The number of hydrogen-bond donors (Lipinski definition) is 2. The molecule has 0 radical (unpaired) electrons. The van der Waals surface area contributed by atoms with Crippen LogP contribution in [0.2, 0.25) is 0 Å². The van der Waals surface area contributed by atoms with Crippen molar-refractivity contribution in [3.63, 3.8) is 0 Å². The summed E-state index contributed by atoms with van der Waals surface area (Å²) in [5.74, 6) is 0.0552. The van der Waals surface area contributed by atoms with Gasteiger partial charge in [0.25, 0.3) is 5.91 Å². The van der Waals surface area contributed by atoms with Crippen LogP contribution >= 0.6 is 15.9 Å². The Morgan fingerprint density at radius 1 is 1.30 bits per heavy atom. The predicted octanol–water partition coefficient (Wildman–Crippen LogP) is 3.01. The summed E-state index contributed by atoms with van der Waals surface area (Å²) in [7, 11) is 1.69. The van der Waals surface area contributed by atoms with Crippen molar-refractivity contribution in [2.75, 3.05) is 12.8 Å². The third-order valence-electron chi connectivity index (χ3n) is 2.99. The third-order valence-corrected chi connectivity index (χ3v) is 3.68. The second kappa shape index (κ2) is 5.96. The smallest absolute Gasteiger partial charge is 0.253 e. The maximum Gasteiger partial charge on any atom is 0.253 e. The Morgan fingerprint density at radius 3 is 2.65 bits per heavy atom. The second-order valence-corrected chi connectivity index (χ2v) is 5.38. The lowest BCUT2D eigenvalue weighted by molar-refractivity contribution is 0.0784. The van der Waals surface area contributed by atoms with Gasteiger partial charge < -0.3 is 15.7 Å². The molecule has 2 rings (SSSR count). The van der Waals surface area contributed by atoms with Gasteiger partial charge in [-0.05, 0) is 40.2 Å². The minimum absolute atomic E-state index is 0.131. The van der Waals surface area contributed by atoms with Crippen LogP contribution < -0.4 is 5.73 Å². The molecule has 0 saturated heterocycles. The first-order valence-electron chi connectivity index (χ1n) is 6.06. The molecular weight excluding hydrogens is 320 g/mol. The van der Waals surface area contributed by atoms with Crippen LogP contribution in [0, 0.1) is 0 Å². The molecule has 0 heterocycles. The van der Waals surface area contributed by atoms with E-state index in [9.17, 15) is 9.90 Å². The van der Waals surface area contributed by atoms with Crippen LogP contribution in [0.4, 0.5) is 5.69 Å². The Labute approximate surface area is 126 Å². The van der Waals surface area contributed by atoms with Crippen LogP contribution in [0.5, 0.6) is 5.75 Å². The normalized spacial score (nSPS) is 10.3. The number of carbonyl (C=O) groups excluding carboxylic acids is 1. The zero-order chi connectivity index (χ0) is 14.7. The van der Waals surface area contributed by atoms with Crippen molar-refractivity contribution in [3.05, 3.63) is 58.1 Å². The number of hydrogen-bond acceptors (Lipinski definition) is 3. The monoisotopic (exact) mass is 334 g/mol. The number of phenols is 1. The Hall–Kier alpha value is -2.01. The van der Waals surface area contributed by atoms with Crippen molar-refractivity contribution < 1.29 is 9.90 Å². The van der Waals surface area contributed by atoms with Crippen molar-refractivity contribution in [1.29, 1.82) is 0 Å². The van der Waals surface area contributed by atoms with Crippen LogP contribution in [0.1, 0.15) is 15.9 Å². The first-order chi connectivity index (χ1) is 9.49. The van der Waals surface area contributed by atoms with Gasteiger partial charge >= 0.3 is 0 Å². The van der Waals surface area contributed by atoms with E-state index in [1.54, 1.807) is 48.3 Å². The Balaban J connectivity index is 2.16. The molecule has 0 saturated carbocycles. The molecule has 104 valence electrons. The molecule has 0 aliphatic carbocycles. The first kappa shape index (κ1) is 14.4. The van der Waals surface area contributed by atoms with Crippen LogP contribution in [0.25, 0.3) is 0 Å². The largest absolute Gasteiger partial charge is 0.508 e. The average Bonchev–Trinajstić information content (AvgIpc) is 2.43. The van der Waals surface area contributed by atoms with Crippen LogP contribution in [-0.2, 0) is 6.54 Å². The van der Waals surface area contributed by atoms with Crippen LogP contribution in [0.15, 0.2) is 46.9 Å². The SMILES string of the molecule is CN(Cc1ccccc1O)C(=O)c1ccc(N)c(Br)c1. The Morgan fingerprint density at radius 2 is 2.00 bits per heavy atom. The standard InChI is InChI=1S/C15H15BrN2O2/c1-18(9-11-4-2-3-5-14(11)19)15(20)10-6-7-13(17)12(16)8-10/h2-8,19H,9,17H2,1H3. The molecule has 0 bridgehead atoms. The maximum atomic E-state index is 12.3. The number of amides is 1. The predicted molar refractivity (Wildman–Crippen MR) is 82.5 cm³/mol. The molecule has 0 aliphatic heterocycles. The van der Waals surface area contributed by atoms with Gasteiger partial charge in [-0.1, -0.05) is 18.2 Å². The topological polar surface area (TPSA) is 66.6 Å². The van der Waals surface area contributed by atoms with Crippen LogP contribution in [0.3, 0.4) is 0 Å². The number of halogens is 1. The van der Waals surface area contributed by atoms with Gasteiger partial charge in [-0.2, -0.15) is 0 Å². The van der Waals surface area contributed by atoms with E-state index < -0.39 is 0 Å². The van der Waals surface area contributed by atoms with Gasteiger partial charge in [0, 0.05) is 34.9 Å². The maximum absolute atomic E-state index is 12.3. The van der Waals surface area contributed by atoms with E-state index in [4.69, 9.17) is 5.73 Å². The molecule has 0 aromatic heterocycles. The molecule has 20 heavy (non-hydrogen) atoms. The molecule has 2 aromatic rings. The molecule has 0 unspecified atom stereocenters. The summed E-state index contributed by atoms with van der Waals surface area (Å²) in [6.07, 6.45) is 0. The van der Waals surface area contributed by atoms with Crippen molar-refractivity contribution in [2.24, 2.45) is 0 Å². The van der Waals surface area contributed by atoms with Gasteiger partial charge in [-0.3, -0.25) is 4.79 Å². The number of phenolic OH excluding ortho intramolecular Hbond substituents is 1. The molecule has 5 heteroatoms. The number of aromatic hydroxyl groups is 1. The van der Waals surface area contributed by atoms with Gasteiger partial charge in [0.15, 0.2) is 0 Å². The minimum atomic E-state index is -0.131. The Bertz CT molecular complexity index is 644. The number of para-hydroxylation sites is 1. The average molecular weight is 335 g/mol. The van der Waals surface area contributed by atoms with E-state index in [0.29, 0.717) is 27.8 Å². The van der Waals surface area contributed by atoms with Gasteiger partial charge in [-0.25, -0.2) is 0 Å². The first-order valence-corrected chi connectivity index (χ1v) is 6.85. The number of nitrogen functional groups attached to an aromatic ring is 1. The third kappa shape index (κ3) is 3.11. The number of carbonyl (C=O) groups is 1. The molecule has 3 N–H and O–H groups in total. The zero-order valence-electron chi connectivity index (χ0n) is 11.0. The fourth-order valence-electron chi connectivity index (χ4n) is 1.85. The van der Waals surface area contributed by atoms with Crippen molar-refractivity contribution in [1.82, 2.24) is 4.90 Å². The zero-order valence-corrected chi connectivity index (χ0v) is 12.6. The number of benzene rings is 2. The van der Waals surface area contributed by atoms with E-state index in [0.717, 1.165) is 0 Å². The van der Waals surface area contributed by atoms with Gasteiger partial charge in [0.2, 0.25) is 0 Å². The number of nitrogens with two attached hydrogens (primary N) is 1. The van der Waals surface area contributed by atoms with Crippen molar-refractivity contribution in [2.45, 2.75) is 6.54 Å². The van der Waals surface area contributed by atoms with Gasteiger partial charge in [0.1, 0.15) is 5.75 Å². The van der Waals surface area contributed by atoms with Gasteiger partial charge in [0.05, 0.1) is 0 Å². The molecule has 0 atom stereocenters. The lowest BCUT2D eigenvalue weighted by Gasteiger charge is -2.18. The van der Waals surface area contributed by atoms with Crippen LogP contribution in [-0.4, -0.2) is 23.0 Å². The number of nitrogens with zero attached hydrogens (tertiary/aromatic N) is 1. The quantitative estimate of drug-likeness (QED) is 0.848. The summed E-state index contributed by atoms with van der Waals surface area (Å²) in [4.78, 5) is 13.9. The van der Waals surface area contributed by atoms with E-state index in [1.807, 2.05) is 6.07 Å². The fraction of sp³-hybridized carbons (Fsp3) is 0.133. The molecule has 0 spiro atoms. The lowest BCUT2D eigenvalue weighted by Crippen LogP contribution is -2.26. The van der Waals surface area contributed by atoms with Gasteiger partial charge in [-0.15, -0.1) is 0 Å². The molecule has 4 nitrogen and oxygen atoms in total. The molecular formula is C15H15BrN2O2. The summed E-state index contributed by atoms with van der Waals surface area (Å²) in [5, 5.41) is 9.73. The highest BCUT2D eigenvalue weighted by Crippen LogP contribution is 2.22. The highest BCUT2D eigenvalue weighted by molar-refractivity contribution is 9.10. The second-order valence-electron chi connectivity index (χ2n) is 4.53. The number of anilines is 1. The van der Waals surface area contributed by atoms with Crippen molar-refractivity contribution >= 4 is 27.5 Å². The highest BCUT2D eigenvalue weighted by atomic mass is 79.9. The molecule has 0 aliphatic rings. The summed E-state index contributed by atoms with van der Waals surface area (Å²) >= 11 is 3.31. The summed E-state index contributed by atoms with van der Waals surface area (Å²) in [6.45, 7) is 0.341. The molecule has 2 aromatic carbocycles. The summed E-state index contributed by atoms with van der Waals surface area (Å²) in [6, 6.07) is 12.0. The Kier molecular flexibility index (Phi) is 4.29. The van der Waals surface area contributed by atoms with E-state index >= 15 is 0 Å². The van der Waals surface area contributed by atoms with E-state index in [1.165, 1.54) is 0 Å². The van der Waals surface area contributed by atoms with E-state index in [-0.39, 0.29) is 11.7 Å². The van der Waals surface area contributed by atoms with E-state index in [2.05, 4.69) is 15.9 Å². The molecule has 0 fully saturated rings. The fourth-order valence-corrected chi connectivity index (χ4v) is 2.23. The lowest BCUT2D eigenvalue weighted by atomic mass is 10.1. The minimum Gasteiger partial charge on any atom is -0.508 e. The highest BCUT2D eigenvalue weighted by Gasteiger charge is 2.14. The number of rotatable bonds is 3. The van der Waals surface area contributed by atoms with Crippen molar-refractivity contribution in [3.8, 4) is 5.75 Å². The summed E-state index contributed by atoms with van der Waals surface area (Å²) in [5.41, 5.74) is 7.54. The summed E-state index contributed by atoms with van der Waals surface area (Å²) < 4.78 is 0.694.